The van der Waals surface area contributed by atoms with E-state index in [0.717, 1.165) is 16.7 Å². The van der Waals surface area contributed by atoms with Crippen LogP contribution < -0.4 is 16.8 Å². The molecule has 2 aromatic carbocycles. The third kappa shape index (κ3) is 9.85. The van der Waals surface area contributed by atoms with Gasteiger partial charge in [0.2, 0.25) is 0 Å². The number of nitrogens with two attached hydrogens (primary N) is 2. The quantitative estimate of drug-likeness (QED) is 0.266. The minimum Gasteiger partial charge on any atom is -0.465 e. The second-order valence-corrected chi connectivity index (χ2v) is 11.6. The predicted molar refractivity (Wildman–Crippen MR) is 166 cm³/mol. The first kappa shape index (κ1) is 33.1. The van der Waals surface area contributed by atoms with E-state index in [2.05, 4.69) is 15.3 Å². The Bertz CT molecular complexity index is 1440. The zero-order valence-electron chi connectivity index (χ0n) is 25.1. The standard InChI is InChI=1S/C31H39ClN6O5/c1-19-8-6-7-9-23(19)16-21(17-35-28(39)24-26(33)37-27(34)25(32)36-24)18-38(30(41)43-31(2,3)4)15-14-20-10-12-22(13-11-20)29(40)42-5/h6-13,21H,14-18H2,1-5H3,(H,35,39)(H4,33,34,37). The molecule has 0 spiro atoms. The number of hydrogen-bond acceptors (Lipinski definition) is 9. The summed E-state index contributed by atoms with van der Waals surface area (Å²) in [6.45, 7) is 8.27. The highest BCUT2D eigenvalue weighted by Gasteiger charge is 2.26. The molecule has 3 aromatic rings. The van der Waals surface area contributed by atoms with Crippen molar-refractivity contribution in [2.24, 2.45) is 5.92 Å². The van der Waals surface area contributed by atoms with Gasteiger partial charge in [0.05, 0.1) is 12.7 Å². The summed E-state index contributed by atoms with van der Waals surface area (Å²) in [6, 6.07) is 15.0. The minimum absolute atomic E-state index is 0.0684. The van der Waals surface area contributed by atoms with E-state index in [1.165, 1.54) is 7.11 Å². The number of nitrogen functional groups attached to an aromatic ring is 2. The van der Waals surface area contributed by atoms with Gasteiger partial charge in [-0.25, -0.2) is 19.6 Å². The normalized spacial score (nSPS) is 11.9. The highest BCUT2D eigenvalue weighted by Crippen LogP contribution is 2.20. The Hall–Kier alpha value is -4.38. The Balaban J connectivity index is 1.83. The maximum atomic E-state index is 13.4. The fraction of sp³-hybridized carbons (Fsp3) is 0.387. The number of aryl methyl sites for hydroxylation is 1. The number of methoxy groups -OCH3 is 1. The summed E-state index contributed by atoms with van der Waals surface area (Å²) in [4.78, 5) is 47.7. The van der Waals surface area contributed by atoms with Crippen LogP contribution in [0.15, 0.2) is 48.5 Å². The Kier molecular flexibility index (Phi) is 11.3. The number of hydrogen-bond donors (Lipinski definition) is 3. The fourth-order valence-electron chi connectivity index (χ4n) is 4.37. The van der Waals surface area contributed by atoms with Crippen molar-refractivity contribution in [1.29, 1.82) is 0 Å². The van der Waals surface area contributed by atoms with Crippen molar-refractivity contribution in [3.05, 3.63) is 81.6 Å². The summed E-state index contributed by atoms with van der Waals surface area (Å²) >= 11 is 5.98. The molecule has 0 aliphatic rings. The van der Waals surface area contributed by atoms with Crippen LogP contribution in [0.1, 0.15) is 58.3 Å². The molecule has 43 heavy (non-hydrogen) atoms. The fourth-order valence-corrected chi connectivity index (χ4v) is 4.49. The molecule has 0 bridgehead atoms. The number of rotatable bonds is 11. The molecule has 2 amide bonds. The molecule has 0 aliphatic carbocycles. The van der Waals surface area contributed by atoms with E-state index in [4.69, 9.17) is 32.5 Å². The highest BCUT2D eigenvalue weighted by atomic mass is 35.5. The minimum atomic E-state index is -0.707. The Morgan fingerprint density at radius 2 is 1.70 bits per heavy atom. The van der Waals surface area contributed by atoms with Crippen molar-refractivity contribution in [2.45, 2.75) is 46.1 Å². The second-order valence-electron chi connectivity index (χ2n) is 11.2. The highest BCUT2D eigenvalue weighted by molar-refractivity contribution is 6.31. The molecule has 0 aliphatic heterocycles. The lowest BCUT2D eigenvalue weighted by Crippen LogP contribution is -2.44. The van der Waals surface area contributed by atoms with Gasteiger partial charge < -0.3 is 31.2 Å². The number of halogens is 1. The third-order valence-corrected chi connectivity index (χ3v) is 6.89. The molecule has 1 atom stereocenters. The Morgan fingerprint density at radius 1 is 1.02 bits per heavy atom. The molecule has 0 fully saturated rings. The van der Waals surface area contributed by atoms with Gasteiger partial charge in [0.25, 0.3) is 5.91 Å². The van der Waals surface area contributed by atoms with E-state index in [0.29, 0.717) is 24.9 Å². The lowest BCUT2D eigenvalue weighted by molar-refractivity contribution is 0.0222. The van der Waals surface area contributed by atoms with Crippen LogP contribution in [0.5, 0.6) is 0 Å². The first-order valence-electron chi connectivity index (χ1n) is 13.8. The van der Waals surface area contributed by atoms with Gasteiger partial charge in [0.15, 0.2) is 22.5 Å². The molecule has 12 heteroatoms. The van der Waals surface area contributed by atoms with Crippen molar-refractivity contribution in [1.82, 2.24) is 20.2 Å². The number of esters is 1. The molecular formula is C31H39ClN6O5. The number of aromatic nitrogens is 2. The molecule has 1 unspecified atom stereocenters. The molecule has 3 rings (SSSR count). The van der Waals surface area contributed by atoms with E-state index in [1.54, 1.807) is 17.0 Å². The monoisotopic (exact) mass is 610 g/mol. The molecule has 230 valence electrons. The average molecular weight is 611 g/mol. The Morgan fingerprint density at radius 3 is 2.33 bits per heavy atom. The summed E-state index contributed by atoms with van der Waals surface area (Å²) in [5.74, 6) is -1.39. The largest absolute Gasteiger partial charge is 0.465 e. The smallest absolute Gasteiger partial charge is 0.410 e. The van der Waals surface area contributed by atoms with Crippen LogP contribution in [-0.4, -0.2) is 65.2 Å². The number of nitrogens with one attached hydrogen (secondary N) is 1. The van der Waals surface area contributed by atoms with Gasteiger partial charge in [-0.05, 0) is 75.3 Å². The van der Waals surface area contributed by atoms with Crippen molar-refractivity contribution in [2.75, 3.05) is 38.2 Å². The summed E-state index contributed by atoms with van der Waals surface area (Å²) < 4.78 is 10.5. The van der Waals surface area contributed by atoms with Crippen LogP contribution >= 0.6 is 11.6 Å². The number of amides is 2. The van der Waals surface area contributed by atoms with Crippen molar-refractivity contribution in [3.8, 4) is 0 Å². The summed E-state index contributed by atoms with van der Waals surface area (Å²) in [5.41, 5.74) is 14.2. The van der Waals surface area contributed by atoms with Gasteiger partial charge in [-0.15, -0.1) is 0 Å². The molecule has 0 saturated heterocycles. The molecule has 0 saturated carbocycles. The first-order chi connectivity index (χ1) is 20.3. The molecular weight excluding hydrogens is 572 g/mol. The second kappa shape index (κ2) is 14.7. The topological polar surface area (TPSA) is 163 Å². The summed E-state index contributed by atoms with van der Waals surface area (Å²) in [5, 5.41) is 2.75. The number of benzene rings is 2. The van der Waals surface area contributed by atoms with E-state index in [-0.39, 0.29) is 41.5 Å². The zero-order chi connectivity index (χ0) is 31.7. The van der Waals surface area contributed by atoms with E-state index >= 15 is 0 Å². The maximum Gasteiger partial charge on any atom is 0.410 e. The van der Waals surface area contributed by atoms with Crippen molar-refractivity contribution >= 4 is 41.2 Å². The summed E-state index contributed by atoms with van der Waals surface area (Å²) in [6.07, 6.45) is 0.615. The third-order valence-electron chi connectivity index (χ3n) is 6.62. The summed E-state index contributed by atoms with van der Waals surface area (Å²) in [7, 11) is 1.33. The van der Waals surface area contributed by atoms with Crippen LogP contribution in [0.2, 0.25) is 5.15 Å². The number of nitrogens with zero attached hydrogens (tertiary/aromatic N) is 3. The van der Waals surface area contributed by atoms with Crippen molar-refractivity contribution in [3.63, 3.8) is 0 Å². The van der Waals surface area contributed by atoms with Gasteiger partial charge in [-0.2, -0.15) is 0 Å². The van der Waals surface area contributed by atoms with E-state index in [9.17, 15) is 14.4 Å². The van der Waals surface area contributed by atoms with Crippen LogP contribution in [0.3, 0.4) is 0 Å². The van der Waals surface area contributed by atoms with Gasteiger partial charge in [-0.3, -0.25) is 4.79 Å². The zero-order valence-corrected chi connectivity index (χ0v) is 25.9. The lowest BCUT2D eigenvalue weighted by atomic mass is 9.95. The van der Waals surface area contributed by atoms with Crippen molar-refractivity contribution < 1.29 is 23.9 Å². The number of anilines is 2. The number of carbonyl (C=O) groups excluding carboxylic acids is 3. The molecule has 0 radical (unpaired) electrons. The number of ether oxygens (including phenoxy) is 2. The number of carbonyl (C=O) groups is 3. The van der Waals surface area contributed by atoms with E-state index < -0.39 is 23.6 Å². The molecule has 1 aromatic heterocycles. The Labute approximate surface area is 256 Å². The van der Waals surface area contributed by atoms with Gasteiger partial charge in [0, 0.05) is 19.6 Å². The van der Waals surface area contributed by atoms with Crippen LogP contribution in [0.4, 0.5) is 16.4 Å². The van der Waals surface area contributed by atoms with Crippen LogP contribution in [0, 0.1) is 12.8 Å². The first-order valence-corrected chi connectivity index (χ1v) is 14.2. The van der Waals surface area contributed by atoms with Gasteiger partial charge >= 0.3 is 12.1 Å². The van der Waals surface area contributed by atoms with Gasteiger partial charge in [0.1, 0.15) is 5.60 Å². The van der Waals surface area contributed by atoms with E-state index in [1.807, 2.05) is 64.1 Å². The maximum absolute atomic E-state index is 13.4. The molecule has 11 nitrogen and oxygen atoms in total. The molecule has 1 heterocycles. The van der Waals surface area contributed by atoms with Crippen LogP contribution in [0.25, 0.3) is 0 Å². The average Bonchev–Trinajstić information content (AvgIpc) is 2.95. The van der Waals surface area contributed by atoms with Gasteiger partial charge in [-0.1, -0.05) is 48.0 Å². The SMILES string of the molecule is COC(=O)c1ccc(CCN(CC(CNC(=O)c2nc(Cl)c(N)nc2N)Cc2ccccc2C)C(=O)OC(C)(C)C)cc1. The lowest BCUT2D eigenvalue weighted by Gasteiger charge is -2.31. The molecule has 5 N–H and O–H groups in total. The van der Waals surface area contributed by atoms with Crippen LogP contribution in [-0.2, 0) is 22.3 Å². The predicted octanol–water partition coefficient (Wildman–Crippen LogP) is 4.46.